The van der Waals surface area contributed by atoms with Gasteiger partial charge < -0.3 is 20.1 Å². The van der Waals surface area contributed by atoms with Crippen LogP contribution in [0.3, 0.4) is 0 Å². The first-order valence-corrected chi connectivity index (χ1v) is 8.27. The third kappa shape index (κ3) is 6.52. The van der Waals surface area contributed by atoms with Crippen molar-refractivity contribution < 1.29 is 4.79 Å². The van der Waals surface area contributed by atoms with Crippen LogP contribution in [0.5, 0.6) is 0 Å². The first-order chi connectivity index (χ1) is 10.9. The second-order valence-electron chi connectivity index (χ2n) is 5.72. The lowest BCUT2D eigenvalue weighted by molar-refractivity contribution is -0.121. The Morgan fingerprint density at radius 3 is 2.74 bits per heavy atom. The van der Waals surface area contributed by atoms with Crippen LogP contribution in [0.15, 0.2) is 17.3 Å². The Hall–Kier alpha value is -1.69. The Morgan fingerprint density at radius 1 is 1.52 bits per heavy atom. The molecular weight excluding hydrogens is 314 g/mol. The minimum Gasteiger partial charge on any atom is -0.356 e. The average Bonchev–Trinajstić information content (AvgIpc) is 2.81. The van der Waals surface area contributed by atoms with Gasteiger partial charge in [-0.25, -0.2) is 0 Å². The van der Waals surface area contributed by atoms with Gasteiger partial charge in [0.25, 0.3) is 0 Å². The van der Waals surface area contributed by atoms with Crippen LogP contribution in [0, 0.1) is 0 Å². The van der Waals surface area contributed by atoms with Crippen LogP contribution in [0.2, 0.25) is 5.02 Å². The van der Waals surface area contributed by atoms with E-state index in [-0.39, 0.29) is 11.9 Å². The maximum atomic E-state index is 11.8. The van der Waals surface area contributed by atoms with Gasteiger partial charge in [0.2, 0.25) is 5.91 Å². The summed E-state index contributed by atoms with van der Waals surface area (Å²) >= 11 is 6.00. The van der Waals surface area contributed by atoms with Crippen molar-refractivity contribution in [3.05, 3.63) is 23.0 Å². The lowest BCUT2D eigenvalue weighted by Crippen LogP contribution is -2.41. The van der Waals surface area contributed by atoms with Crippen LogP contribution in [0.1, 0.15) is 32.4 Å². The number of rotatable bonds is 7. The molecule has 1 heterocycles. The molecule has 1 rings (SSSR count). The van der Waals surface area contributed by atoms with Gasteiger partial charge >= 0.3 is 0 Å². The fourth-order valence-electron chi connectivity index (χ4n) is 2.16. The first kappa shape index (κ1) is 19.4. The van der Waals surface area contributed by atoms with Crippen molar-refractivity contribution in [1.29, 1.82) is 0 Å². The van der Waals surface area contributed by atoms with Crippen LogP contribution in [-0.4, -0.2) is 48.0 Å². The summed E-state index contributed by atoms with van der Waals surface area (Å²) in [6, 6.07) is 2.15. The van der Waals surface area contributed by atoms with E-state index in [4.69, 9.17) is 11.6 Å². The summed E-state index contributed by atoms with van der Waals surface area (Å²) < 4.78 is 1.99. The Bertz CT molecular complexity index is 541. The molecule has 2 N–H and O–H groups in total. The molecule has 1 unspecified atom stereocenters. The molecule has 0 aliphatic heterocycles. The standard InChI is InChI=1S/C16H28ClN5O/c1-6-12(2)20-15(23)7-8-19-16(18-3)22(5)11-14-9-13(17)10-21(14)4/h9-10,12H,6-8,11H2,1-5H3,(H,18,19)(H,20,23). The second-order valence-corrected chi connectivity index (χ2v) is 6.15. The molecule has 0 spiro atoms. The molecule has 0 bridgehead atoms. The Labute approximate surface area is 143 Å². The second kappa shape index (κ2) is 9.45. The third-order valence-electron chi connectivity index (χ3n) is 3.70. The quantitative estimate of drug-likeness (QED) is 0.589. The molecule has 7 heteroatoms. The van der Waals surface area contributed by atoms with Gasteiger partial charge in [0.15, 0.2) is 5.96 Å². The normalized spacial score (nSPS) is 12.9. The Kier molecular flexibility index (Phi) is 7.95. The van der Waals surface area contributed by atoms with Crippen molar-refractivity contribution in [2.24, 2.45) is 12.0 Å². The van der Waals surface area contributed by atoms with Gasteiger partial charge in [0, 0.05) is 52.0 Å². The molecule has 6 nitrogen and oxygen atoms in total. The summed E-state index contributed by atoms with van der Waals surface area (Å²) in [6.07, 6.45) is 3.23. The van der Waals surface area contributed by atoms with Gasteiger partial charge in [-0.1, -0.05) is 18.5 Å². The van der Waals surface area contributed by atoms with E-state index in [1.807, 2.05) is 42.7 Å². The number of carbonyl (C=O) groups excluding carboxylic acids is 1. The molecule has 130 valence electrons. The van der Waals surface area contributed by atoms with E-state index in [0.717, 1.165) is 23.1 Å². The summed E-state index contributed by atoms with van der Waals surface area (Å²) in [5, 5.41) is 6.88. The van der Waals surface area contributed by atoms with E-state index in [0.29, 0.717) is 19.5 Å². The van der Waals surface area contributed by atoms with Crippen LogP contribution in [0.4, 0.5) is 0 Å². The van der Waals surface area contributed by atoms with Crippen LogP contribution in [0.25, 0.3) is 0 Å². The fourth-order valence-corrected chi connectivity index (χ4v) is 2.44. The summed E-state index contributed by atoms with van der Waals surface area (Å²) in [5.41, 5.74) is 1.09. The number of halogens is 1. The lowest BCUT2D eigenvalue weighted by atomic mass is 10.2. The van der Waals surface area contributed by atoms with E-state index in [1.165, 1.54) is 0 Å². The highest BCUT2D eigenvalue weighted by molar-refractivity contribution is 6.30. The summed E-state index contributed by atoms with van der Waals surface area (Å²) in [6.45, 7) is 5.29. The molecule has 1 aromatic heterocycles. The minimum absolute atomic E-state index is 0.0548. The van der Waals surface area contributed by atoms with E-state index in [1.54, 1.807) is 7.05 Å². The highest BCUT2D eigenvalue weighted by atomic mass is 35.5. The SMILES string of the molecule is CCC(C)NC(=O)CCNC(=NC)N(C)Cc1cc(Cl)cn1C. The van der Waals surface area contributed by atoms with E-state index >= 15 is 0 Å². The molecule has 0 saturated heterocycles. The predicted molar refractivity (Wildman–Crippen MR) is 95.8 cm³/mol. The van der Waals surface area contributed by atoms with Crippen molar-refractivity contribution in [3.63, 3.8) is 0 Å². The van der Waals surface area contributed by atoms with Crippen LogP contribution < -0.4 is 10.6 Å². The molecule has 23 heavy (non-hydrogen) atoms. The van der Waals surface area contributed by atoms with Crippen LogP contribution in [-0.2, 0) is 18.4 Å². The van der Waals surface area contributed by atoms with E-state index < -0.39 is 0 Å². The van der Waals surface area contributed by atoms with Gasteiger partial charge in [0.1, 0.15) is 0 Å². The molecule has 1 amide bonds. The van der Waals surface area contributed by atoms with Crippen molar-refractivity contribution in [2.75, 3.05) is 20.6 Å². The zero-order valence-corrected chi connectivity index (χ0v) is 15.4. The number of guanidine groups is 1. The van der Waals surface area contributed by atoms with Gasteiger partial charge in [-0.2, -0.15) is 0 Å². The van der Waals surface area contributed by atoms with Crippen molar-refractivity contribution in [3.8, 4) is 0 Å². The number of nitrogens with one attached hydrogen (secondary N) is 2. The number of amides is 1. The molecule has 1 atom stereocenters. The van der Waals surface area contributed by atoms with Crippen molar-refractivity contribution >= 4 is 23.5 Å². The number of hydrogen-bond donors (Lipinski definition) is 2. The maximum Gasteiger partial charge on any atom is 0.221 e. The van der Waals surface area contributed by atoms with Crippen LogP contribution >= 0.6 is 11.6 Å². The monoisotopic (exact) mass is 341 g/mol. The third-order valence-corrected chi connectivity index (χ3v) is 3.91. The van der Waals surface area contributed by atoms with E-state index in [9.17, 15) is 4.79 Å². The van der Waals surface area contributed by atoms with Gasteiger partial charge in [0.05, 0.1) is 11.6 Å². The molecular formula is C16H28ClN5O. The zero-order chi connectivity index (χ0) is 17.4. The first-order valence-electron chi connectivity index (χ1n) is 7.89. The number of carbonyl (C=O) groups is 1. The number of aliphatic imine (C=N–C) groups is 1. The molecule has 0 aliphatic carbocycles. The van der Waals surface area contributed by atoms with E-state index in [2.05, 4.69) is 22.5 Å². The summed E-state index contributed by atoms with van der Waals surface area (Å²) in [4.78, 5) is 18.0. The summed E-state index contributed by atoms with van der Waals surface area (Å²) in [5.74, 6) is 0.804. The maximum absolute atomic E-state index is 11.8. The number of aromatic nitrogens is 1. The molecule has 0 aliphatic rings. The molecule has 1 aromatic rings. The highest BCUT2D eigenvalue weighted by Crippen LogP contribution is 2.14. The Morgan fingerprint density at radius 2 is 2.22 bits per heavy atom. The zero-order valence-electron chi connectivity index (χ0n) is 14.7. The van der Waals surface area contributed by atoms with Gasteiger partial charge in [-0.05, 0) is 19.4 Å². The van der Waals surface area contributed by atoms with Crippen molar-refractivity contribution in [1.82, 2.24) is 20.1 Å². The van der Waals surface area contributed by atoms with Gasteiger partial charge in [-0.3, -0.25) is 9.79 Å². The minimum atomic E-state index is 0.0548. The molecule has 0 radical (unpaired) electrons. The largest absolute Gasteiger partial charge is 0.356 e. The number of aryl methyl sites for hydroxylation is 1. The number of hydrogen-bond acceptors (Lipinski definition) is 2. The van der Waals surface area contributed by atoms with Gasteiger partial charge in [-0.15, -0.1) is 0 Å². The topological polar surface area (TPSA) is 61.7 Å². The predicted octanol–water partition coefficient (Wildman–Crippen LogP) is 1.99. The summed E-state index contributed by atoms with van der Waals surface area (Å²) in [7, 11) is 5.65. The average molecular weight is 342 g/mol. The molecule has 0 aromatic carbocycles. The Balaban J connectivity index is 2.44. The highest BCUT2D eigenvalue weighted by Gasteiger charge is 2.11. The molecule has 0 saturated carbocycles. The smallest absolute Gasteiger partial charge is 0.221 e. The van der Waals surface area contributed by atoms with Crippen molar-refractivity contribution in [2.45, 2.75) is 39.3 Å². The fraction of sp³-hybridized carbons (Fsp3) is 0.625. The number of nitrogens with zero attached hydrogens (tertiary/aromatic N) is 3. The molecule has 0 fully saturated rings. The lowest BCUT2D eigenvalue weighted by Gasteiger charge is -2.22.